The summed E-state index contributed by atoms with van der Waals surface area (Å²) in [5.41, 5.74) is 1.43. The van der Waals surface area contributed by atoms with Gasteiger partial charge < -0.3 is 10.4 Å². The highest BCUT2D eigenvalue weighted by atomic mass is 16.4. The first-order valence-corrected chi connectivity index (χ1v) is 8.68. The Morgan fingerprint density at radius 2 is 1.38 bits per heavy atom. The lowest BCUT2D eigenvalue weighted by molar-refractivity contribution is 0.0696. The van der Waals surface area contributed by atoms with E-state index in [1.165, 1.54) is 42.5 Å². The minimum Gasteiger partial charge on any atom is -0.478 e. The summed E-state index contributed by atoms with van der Waals surface area (Å²) in [6.07, 6.45) is 0. The van der Waals surface area contributed by atoms with Gasteiger partial charge in [0.1, 0.15) is 0 Å². The van der Waals surface area contributed by atoms with E-state index in [4.69, 9.17) is 5.11 Å². The second-order valence-corrected chi connectivity index (χ2v) is 6.38. The number of anilines is 2. The van der Waals surface area contributed by atoms with Crippen molar-refractivity contribution in [1.29, 1.82) is 0 Å². The van der Waals surface area contributed by atoms with Crippen LogP contribution in [0.5, 0.6) is 0 Å². The van der Waals surface area contributed by atoms with Gasteiger partial charge in [0.2, 0.25) is 0 Å². The van der Waals surface area contributed by atoms with Gasteiger partial charge in [-0.15, -0.1) is 0 Å². The maximum absolute atomic E-state index is 12.7. The standard InChI is InChI=1S/C22H14N2O5/c25-19(23-15-4-2-1-3-5-15)13-6-9-16(10-7-13)24-20(26)17-11-8-14(22(28)29)12-18(17)21(24)27/h1-12H,(H,23,25)(H,28,29). The van der Waals surface area contributed by atoms with Crippen molar-refractivity contribution < 1.29 is 24.3 Å². The number of carboxylic acids is 1. The van der Waals surface area contributed by atoms with Crippen LogP contribution in [0.15, 0.2) is 72.8 Å². The molecule has 1 aliphatic heterocycles. The first-order chi connectivity index (χ1) is 14.0. The van der Waals surface area contributed by atoms with Crippen molar-refractivity contribution in [3.05, 3.63) is 95.1 Å². The predicted molar refractivity (Wildman–Crippen MR) is 105 cm³/mol. The molecule has 1 heterocycles. The topological polar surface area (TPSA) is 104 Å². The zero-order chi connectivity index (χ0) is 20.5. The molecule has 142 valence electrons. The molecule has 0 fully saturated rings. The van der Waals surface area contributed by atoms with Crippen molar-refractivity contribution in [3.63, 3.8) is 0 Å². The van der Waals surface area contributed by atoms with Crippen LogP contribution < -0.4 is 10.2 Å². The maximum atomic E-state index is 12.7. The summed E-state index contributed by atoms with van der Waals surface area (Å²) in [5, 5.41) is 11.8. The fraction of sp³-hybridized carbons (Fsp3) is 0. The Morgan fingerprint density at radius 1 is 0.759 bits per heavy atom. The molecular formula is C22H14N2O5. The lowest BCUT2D eigenvalue weighted by atomic mass is 10.1. The van der Waals surface area contributed by atoms with Gasteiger partial charge >= 0.3 is 5.97 Å². The van der Waals surface area contributed by atoms with Gasteiger partial charge in [0.05, 0.1) is 22.4 Å². The van der Waals surface area contributed by atoms with Gasteiger partial charge in [-0.25, -0.2) is 9.69 Å². The summed E-state index contributed by atoms with van der Waals surface area (Å²) in [4.78, 5) is 49.7. The molecule has 0 saturated carbocycles. The highest BCUT2D eigenvalue weighted by molar-refractivity contribution is 6.34. The normalized spacial score (nSPS) is 12.6. The lowest BCUT2D eigenvalue weighted by Gasteiger charge is -2.14. The number of benzene rings is 3. The minimum absolute atomic E-state index is 0.0424. The van der Waals surface area contributed by atoms with E-state index in [0.717, 1.165) is 4.90 Å². The Hall–Kier alpha value is -4.26. The van der Waals surface area contributed by atoms with Gasteiger partial charge in [0.15, 0.2) is 0 Å². The molecule has 29 heavy (non-hydrogen) atoms. The maximum Gasteiger partial charge on any atom is 0.335 e. The molecule has 0 aromatic heterocycles. The van der Waals surface area contributed by atoms with Crippen molar-refractivity contribution in [2.24, 2.45) is 0 Å². The van der Waals surface area contributed by atoms with Crippen LogP contribution in [0.1, 0.15) is 41.4 Å². The van der Waals surface area contributed by atoms with Crippen molar-refractivity contribution in [1.82, 2.24) is 0 Å². The molecule has 0 saturated heterocycles. The molecular weight excluding hydrogens is 372 g/mol. The fourth-order valence-electron chi connectivity index (χ4n) is 3.09. The number of aromatic carboxylic acids is 1. The number of nitrogens with zero attached hydrogens (tertiary/aromatic N) is 1. The number of fused-ring (bicyclic) bond motifs is 1. The molecule has 0 aliphatic carbocycles. The van der Waals surface area contributed by atoms with E-state index in [0.29, 0.717) is 16.9 Å². The van der Waals surface area contributed by atoms with Gasteiger partial charge in [0.25, 0.3) is 17.7 Å². The molecule has 3 aromatic carbocycles. The summed E-state index contributed by atoms with van der Waals surface area (Å²) in [5.74, 6) is -2.64. The molecule has 0 atom stereocenters. The summed E-state index contributed by atoms with van der Waals surface area (Å²) >= 11 is 0. The SMILES string of the molecule is O=C(O)c1ccc2c(c1)C(=O)N(c1ccc(C(=O)Nc3ccccc3)cc1)C2=O. The minimum atomic E-state index is -1.18. The van der Waals surface area contributed by atoms with Crippen molar-refractivity contribution in [3.8, 4) is 0 Å². The van der Waals surface area contributed by atoms with Crippen LogP contribution in [0.4, 0.5) is 11.4 Å². The summed E-state index contributed by atoms with van der Waals surface area (Å²) in [7, 11) is 0. The lowest BCUT2D eigenvalue weighted by Crippen LogP contribution is -2.29. The average Bonchev–Trinajstić information content (AvgIpc) is 2.98. The van der Waals surface area contributed by atoms with Crippen LogP contribution in [-0.2, 0) is 0 Å². The van der Waals surface area contributed by atoms with Gasteiger partial charge in [-0.05, 0) is 54.6 Å². The number of imide groups is 1. The van der Waals surface area contributed by atoms with Gasteiger partial charge in [-0.2, -0.15) is 0 Å². The first-order valence-electron chi connectivity index (χ1n) is 8.68. The first kappa shape index (κ1) is 18.1. The van der Waals surface area contributed by atoms with Crippen molar-refractivity contribution >= 4 is 35.1 Å². The highest BCUT2D eigenvalue weighted by Crippen LogP contribution is 2.29. The quantitative estimate of drug-likeness (QED) is 0.669. The smallest absolute Gasteiger partial charge is 0.335 e. The molecule has 0 spiro atoms. The van der Waals surface area contributed by atoms with E-state index in [1.54, 1.807) is 24.3 Å². The third kappa shape index (κ3) is 3.25. The number of hydrogen-bond acceptors (Lipinski definition) is 4. The Kier molecular flexibility index (Phi) is 4.40. The van der Waals surface area contributed by atoms with Gasteiger partial charge in [-0.3, -0.25) is 14.4 Å². The molecule has 3 aromatic rings. The van der Waals surface area contributed by atoms with Crippen LogP contribution in [0, 0.1) is 0 Å². The molecule has 2 N–H and O–H groups in total. The number of hydrogen-bond donors (Lipinski definition) is 2. The fourth-order valence-corrected chi connectivity index (χ4v) is 3.09. The largest absolute Gasteiger partial charge is 0.478 e. The van der Waals surface area contributed by atoms with Crippen LogP contribution >= 0.6 is 0 Å². The summed E-state index contributed by atoms with van der Waals surface area (Å²) in [6.45, 7) is 0. The van der Waals surface area contributed by atoms with E-state index in [-0.39, 0.29) is 22.6 Å². The second-order valence-electron chi connectivity index (χ2n) is 6.38. The monoisotopic (exact) mass is 386 g/mol. The molecule has 1 aliphatic rings. The molecule has 0 unspecified atom stereocenters. The molecule has 4 rings (SSSR count). The number of nitrogens with one attached hydrogen (secondary N) is 1. The summed E-state index contributed by atoms with van der Waals surface area (Å²) < 4.78 is 0. The molecule has 3 amide bonds. The van der Waals surface area contributed by atoms with Crippen LogP contribution in [0.25, 0.3) is 0 Å². The predicted octanol–water partition coefficient (Wildman–Crippen LogP) is 3.44. The average molecular weight is 386 g/mol. The Bertz CT molecular complexity index is 1150. The molecule has 7 heteroatoms. The van der Waals surface area contributed by atoms with Crippen LogP contribution in [-0.4, -0.2) is 28.8 Å². The zero-order valence-corrected chi connectivity index (χ0v) is 15.0. The number of para-hydroxylation sites is 1. The Balaban J connectivity index is 1.58. The van der Waals surface area contributed by atoms with Crippen molar-refractivity contribution in [2.75, 3.05) is 10.2 Å². The van der Waals surface area contributed by atoms with E-state index in [2.05, 4.69) is 5.32 Å². The number of rotatable bonds is 4. The third-order valence-corrected chi connectivity index (χ3v) is 4.55. The van der Waals surface area contributed by atoms with Crippen molar-refractivity contribution in [2.45, 2.75) is 0 Å². The van der Waals surface area contributed by atoms with Gasteiger partial charge in [0, 0.05) is 11.3 Å². The van der Waals surface area contributed by atoms with E-state index >= 15 is 0 Å². The number of carbonyl (C=O) groups excluding carboxylic acids is 3. The summed E-state index contributed by atoms with van der Waals surface area (Å²) in [6, 6.07) is 18.8. The van der Waals surface area contributed by atoms with Crippen LogP contribution in [0.2, 0.25) is 0 Å². The van der Waals surface area contributed by atoms with E-state index < -0.39 is 17.8 Å². The zero-order valence-electron chi connectivity index (χ0n) is 15.0. The van der Waals surface area contributed by atoms with Crippen LogP contribution in [0.3, 0.4) is 0 Å². The Morgan fingerprint density at radius 3 is 2.03 bits per heavy atom. The van der Waals surface area contributed by atoms with E-state index in [1.807, 2.05) is 6.07 Å². The van der Waals surface area contributed by atoms with E-state index in [9.17, 15) is 19.2 Å². The molecule has 0 radical (unpaired) electrons. The number of amides is 3. The molecule has 7 nitrogen and oxygen atoms in total. The Labute approximate surface area is 165 Å². The highest BCUT2D eigenvalue weighted by Gasteiger charge is 2.37. The second kappa shape index (κ2) is 7.05. The van der Waals surface area contributed by atoms with Gasteiger partial charge in [-0.1, -0.05) is 18.2 Å². The number of carboxylic acid groups (broad SMARTS) is 1. The third-order valence-electron chi connectivity index (χ3n) is 4.55. The number of carbonyl (C=O) groups is 4. The molecule has 0 bridgehead atoms.